The van der Waals surface area contributed by atoms with Crippen molar-refractivity contribution in [3.8, 4) is 11.5 Å². The van der Waals surface area contributed by atoms with Crippen molar-refractivity contribution in [2.45, 2.75) is 63.6 Å². The van der Waals surface area contributed by atoms with Crippen molar-refractivity contribution in [3.05, 3.63) is 23.8 Å². The normalized spacial score (nSPS) is 32.0. The van der Waals surface area contributed by atoms with Gasteiger partial charge in [0.25, 0.3) is 5.91 Å². The molecular formula is C25H35N3O4. The number of fused-ring (bicyclic) bond motifs is 2. The number of hydrogen-bond acceptors (Lipinski definition) is 5. The molecular weight excluding hydrogens is 406 g/mol. The summed E-state index contributed by atoms with van der Waals surface area (Å²) in [5, 5.41) is 3.02. The highest BCUT2D eigenvalue weighted by Gasteiger charge is 2.52. The van der Waals surface area contributed by atoms with Crippen LogP contribution in [0.4, 0.5) is 0 Å². The summed E-state index contributed by atoms with van der Waals surface area (Å²) in [7, 11) is 1.58. The number of nitrogens with one attached hydrogen (secondary N) is 1. The predicted molar refractivity (Wildman–Crippen MR) is 121 cm³/mol. The van der Waals surface area contributed by atoms with Gasteiger partial charge in [0, 0.05) is 24.2 Å². The number of carbonyl (C=O) groups is 2. The van der Waals surface area contributed by atoms with Crippen molar-refractivity contribution < 1.29 is 19.1 Å². The van der Waals surface area contributed by atoms with Crippen LogP contribution in [0.1, 0.15) is 55.8 Å². The van der Waals surface area contributed by atoms with E-state index in [0.29, 0.717) is 54.0 Å². The van der Waals surface area contributed by atoms with Crippen molar-refractivity contribution in [1.29, 1.82) is 0 Å². The number of nitrogens with zero attached hydrogens (tertiary/aromatic N) is 2. The number of benzene rings is 1. The van der Waals surface area contributed by atoms with Crippen molar-refractivity contribution >= 4 is 11.8 Å². The van der Waals surface area contributed by atoms with Gasteiger partial charge >= 0.3 is 0 Å². The van der Waals surface area contributed by atoms with Crippen LogP contribution in [0.3, 0.4) is 0 Å². The Morgan fingerprint density at radius 3 is 2.72 bits per heavy atom. The van der Waals surface area contributed by atoms with Gasteiger partial charge in [-0.15, -0.1) is 0 Å². The Morgan fingerprint density at radius 2 is 1.94 bits per heavy atom. The standard InChI is InChI=1S/C25H35N3O4/c1-3-32-22-14-16(8-11-21(22)31-2)24(29)26-19-9-10-20-18-7-5-13-27-12-4-6-17(23(18)27)15-28(20)25(19)30/h8,11,14,17-20,23H,3-7,9-10,12-13,15H2,1-2H3,(H,26,29)/t17-,18+,19?,20+,23-/m0/s1. The molecule has 0 bridgehead atoms. The molecule has 7 heteroatoms. The van der Waals surface area contributed by atoms with E-state index in [4.69, 9.17) is 9.47 Å². The van der Waals surface area contributed by atoms with Gasteiger partial charge in [0.1, 0.15) is 6.04 Å². The zero-order valence-corrected chi connectivity index (χ0v) is 19.2. The molecule has 4 fully saturated rings. The summed E-state index contributed by atoms with van der Waals surface area (Å²) in [6, 6.07) is 5.70. The first kappa shape index (κ1) is 21.6. The number of methoxy groups -OCH3 is 1. The lowest BCUT2D eigenvalue weighted by molar-refractivity contribution is -0.153. The lowest BCUT2D eigenvalue weighted by Crippen LogP contribution is -2.69. The maximum atomic E-state index is 13.5. The van der Waals surface area contributed by atoms with E-state index in [1.165, 1.54) is 38.8 Å². The average Bonchev–Trinajstić information content (AvgIpc) is 2.82. The van der Waals surface area contributed by atoms with Gasteiger partial charge in [-0.2, -0.15) is 0 Å². The van der Waals surface area contributed by atoms with E-state index in [1.54, 1.807) is 25.3 Å². The van der Waals surface area contributed by atoms with Crippen LogP contribution < -0.4 is 14.8 Å². The SMILES string of the molecule is CCOc1cc(C(=O)NC2CC[C@@H]3[C@H]4CCCN5CCC[C@@H](CN3C2=O)[C@@H]45)ccc1OC. The predicted octanol–water partition coefficient (Wildman–Crippen LogP) is 2.69. The third-order valence-corrected chi connectivity index (χ3v) is 8.04. The second-order valence-electron chi connectivity index (χ2n) is 9.69. The quantitative estimate of drug-likeness (QED) is 0.761. The highest BCUT2D eigenvalue weighted by Crippen LogP contribution is 2.44. The smallest absolute Gasteiger partial charge is 0.252 e. The van der Waals surface area contributed by atoms with E-state index in [1.807, 2.05) is 6.92 Å². The molecule has 4 aliphatic rings. The second-order valence-corrected chi connectivity index (χ2v) is 9.69. The topological polar surface area (TPSA) is 71.1 Å². The minimum atomic E-state index is -0.448. The molecule has 4 heterocycles. The fourth-order valence-corrected chi connectivity index (χ4v) is 6.74. The first-order valence-electron chi connectivity index (χ1n) is 12.3. The Balaban J connectivity index is 1.29. The third-order valence-electron chi connectivity index (χ3n) is 8.04. The summed E-state index contributed by atoms with van der Waals surface area (Å²) in [4.78, 5) is 31.3. The zero-order chi connectivity index (χ0) is 22.2. The highest BCUT2D eigenvalue weighted by molar-refractivity contribution is 5.98. The molecule has 1 N–H and O–H groups in total. The van der Waals surface area contributed by atoms with E-state index in [2.05, 4.69) is 15.1 Å². The van der Waals surface area contributed by atoms with Crippen molar-refractivity contribution in [3.63, 3.8) is 0 Å². The molecule has 0 spiro atoms. The van der Waals surface area contributed by atoms with Crippen LogP contribution in [-0.2, 0) is 4.79 Å². The van der Waals surface area contributed by atoms with Gasteiger partial charge in [0.2, 0.25) is 5.91 Å². The summed E-state index contributed by atoms with van der Waals surface area (Å²) < 4.78 is 10.9. The molecule has 0 aromatic heterocycles. The summed E-state index contributed by atoms with van der Waals surface area (Å²) >= 11 is 0. The van der Waals surface area contributed by atoms with E-state index in [9.17, 15) is 9.59 Å². The summed E-state index contributed by atoms with van der Waals surface area (Å²) in [6.07, 6.45) is 6.62. The number of carbonyl (C=O) groups excluding carboxylic acids is 2. The molecule has 32 heavy (non-hydrogen) atoms. The molecule has 0 aliphatic carbocycles. The van der Waals surface area contributed by atoms with Crippen molar-refractivity contribution in [1.82, 2.24) is 15.1 Å². The van der Waals surface area contributed by atoms with Gasteiger partial charge in [-0.25, -0.2) is 0 Å². The molecule has 1 unspecified atom stereocenters. The lowest BCUT2D eigenvalue weighted by Gasteiger charge is -2.59. The molecule has 174 valence electrons. The average molecular weight is 442 g/mol. The van der Waals surface area contributed by atoms with Crippen molar-refractivity contribution in [2.24, 2.45) is 11.8 Å². The molecule has 4 aliphatic heterocycles. The molecule has 5 rings (SSSR count). The summed E-state index contributed by atoms with van der Waals surface area (Å²) in [5.74, 6) is 2.18. The Kier molecular flexibility index (Phi) is 6.01. The number of ether oxygens (including phenoxy) is 2. The molecule has 0 radical (unpaired) electrons. The number of hydrogen-bond donors (Lipinski definition) is 1. The molecule has 1 aromatic carbocycles. The van der Waals surface area contributed by atoms with E-state index >= 15 is 0 Å². The fraction of sp³-hybridized carbons (Fsp3) is 0.680. The summed E-state index contributed by atoms with van der Waals surface area (Å²) in [6.45, 7) is 5.68. The van der Waals surface area contributed by atoms with E-state index in [0.717, 1.165) is 13.0 Å². The largest absolute Gasteiger partial charge is 0.493 e. The number of rotatable bonds is 5. The Labute approximate surface area is 190 Å². The van der Waals surface area contributed by atoms with E-state index < -0.39 is 6.04 Å². The van der Waals surface area contributed by atoms with Crippen LogP contribution in [-0.4, -0.2) is 73.1 Å². The van der Waals surface area contributed by atoms with Gasteiger partial charge in [-0.05, 0) is 88.6 Å². The van der Waals surface area contributed by atoms with Crippen LogP contribution in [0.25, 0.3) is 0 Å². The van der Waals surface area contributed by atoms with Crippen LogP contribution >= 0.6 is 0 Å². The van der Waals surface area contributed by atoms with Crippen LogP contribution in [0, 0.1) is 11.8 Å². The minimum Gasteiger partial charge on any atom is -0.493 e. The van der Waals surface area contributed by atoms with Gasteiger partial charge in [-0.3, -0.25) is 14.5 Å². The Hall–Kier alpha value is -2.28. The van der Waals surface area contributed by atoms with Crippen molar-refractivity contribution in [2.75, 3.05) is 33.4 Å². The van der Waals surface area contributed by atoms with Crippen LogP contribution in [0.15, 0.2) is 18.2 Å². The van der Waals surface area contributed by atoms with Gasteiger partial charge < -0.3 is 19.7 Å². The fourth-order valence-electron chi connectivity index (χ4n) is 6.74. The Morgan fingerprint density at radius 1 is 1.12 bits per heavy atom. The molecule has 1 aromatic rings. The molecule has 0 saturated carbocycles. The molecule has 2 amide bonds. The van der Waals surface area contributed by atoms with Crippen LogP contribution in [0.2, 0.25) is 0 Å². The monoisotopic (exact) mass is 441 g/mol. The molecule has 5 atom stereocenters. The van der Waals surface area contributed by atoms with Gasteiger partial charge in [0.05, 0.1) is 13.7 Å². The third kappa shape index (κ3) is 3.74. The summed E-state index contributed by atoms with van der Waals surface area (Å²) in [5.41, 5.74) is 0.484. The molecule has 4 saturated heterocycles. The second kappa shape index (κ2) is 8.93. The lowest BCUT2D eigenvalue weighted by atomic mass is 9.67. The van der Waals surface area contributed by atoms with Gasteiger partial charge in [-0.1, -0.05) is 0 Å². The maximum absolute atomic E-state index is 13.5. The maximum Gasteiger partial charge on any atom is 0.252 e. The number of piperidine rings is 4. The van der Waals surface area contributed by atoms with E-state index in [-0.39, 0.29) is 11.8 Å². The highest BCUT2D eigenvalue weighted by atomic mass is 16.5. The molecule has 7 nitrogen and oxygen atoms in total. The van der Waals surface area contributed by atoms with Crippen LogP contribution in [0.5, 0.6) is 11.5 Å². The van der Waals surface area contributed by atoms with Gasteiger partial charge in [0.15, 0.2) is 11.5 Å². The number of amides is 2. The zero-order valence-electron chi connectivity index (χ0n) is 19.2. The first-order valence-corrected chi connectivity index (χ1v) is 12.3. The Bertz CT molecular complexity index is 873. The minimum absolute atomic E-state index is 0.106. The first-order chi connectivity index (χ1) is 15.6.